The van der Waals surface area contributed by atoms with Gasteiger partial charge in [0.05, 0.1) is 5.71 Å². The fraction of sp³-hybridized carbons (Fsp3) is 0.433. The molecule has 2 fully saturated rings. The normalized spacial score (nSPS) is 19.2. The Kier molecular flexibility index (Phi) is 7.91. The summed E-state index contributed by atoms with van der Waals surface area (Å²) in [6.07, 6.45) is 5.80. The number of carbonyl (C=O) groups excluding carboxylic acids is 1. The van der Waals surface area contributed by atoms with Crippen molar-refractivity contribution in [1.82, 2.24) is 14.8 Å². The molecule has 194 valence electrons. The maximum Gasteiger partial charge on any atom is 0.273 e. The second kappa shape index (κ2) is 11.3. The Balaban J connectivity index is 1.21. The number of fused-ring (bicyclic) bond motifs is 1. The number of amides is 1. The van der Waals surface area contributed by atoms with Crippen LogP contribution in [0.15, 0.2) is 70.4 Å². The van der Waals surface area contributed by atoms with Gasteiger partial charge in [-0.15, -0.1) is 0 Å². The highest BCUT2D eigenvalue weighted by molar-refractivity contribution is 9.10. The molecule has 0 spiro atoms. The van der Waals surface area contributed by atoms with Crippen molar-refractivity contribution >= 4 is 38.3 Å². The van der Waals surface area contributed by atoms with Crippen molar-refractivity contribution < 1.29 is 9.63 Å². The van der Waals surface area contributed by atoms with Gasteiger partial charge in [-0.2, -0.15) is 0 Å². The third-order valence-electron chi connectivity index (χ3n) is 8.08. The first-order chi connectivity index (χ1) is 18.0. The van der Waals surface area contributed by atoms with Crippen molar-refractivity contribution in [3.05, 3.63) is 76.5 Å². The predicted octanol–water partition coefficient (Wildman–Crippen LogP) is 6.14. The van der Waals surface area contributed by atoms with E-state index in [1.807, 2.05) is 42.2 Å². The van der Waals surface area contributed by atoms with E-state index in [-0.39, 0.29) is 11.4 Å². The summed E-state index contributed by atoms with van der Waals surface area (Å²) in [6, 6.07) is 18.3. The molecule has 2 aliphatic rings. The number of benzene rings is 2. The van der Waals surface area contributed by atoms with Gasteiger partial charge in [0.1, 0.15) is 12.3 Å². The lowest BCUT2D eigenvalue weighted by Gasteiger charge is -2.49. The summed E-state index contributed by atoms with van der Waals surface area (Å²) in [4.78, 5) is 28.0. The lowest BCUT2D eigenvalue weighted by atomic mass is 9.82. The number of piperidine rings is 2. The molecule has 5 rings (SSSR count). The number of rotatable bonds is 6. The van der Waals surface area contributed by atoms with Crippen LogP contribution in [0.5, 0.6) is 0 Å². The van der Waals surface area contributed by atoms with E-state index < -0.39 is 0 Å². The number of halogens is 1. The van der Waals surface area contributed by atoms with Crippen molar-refractivity contribution in [1.29, 1.82) is 0 Å². The average molecular weight is 564 g/mol. The molecule has 37 heavy (non-hydrogen) atoms. The topological polar surface area (TPSA) is 58.0 Å². The molecule has 1 amide bonds. The lowest BCUT2D eigenvalue weighted by molar-refractivity contribution is 0.0160. The highest BCUT2D eigenvalue weighted by Crippen LogP contribution is 2.34. The van der Waals surface area contributed by atoms with E-state index >= 15 is 0 Å². The molecule has 0 saturated carbocycles. The second-order valence-electron chi connectivity index (χ2n) is 10.3. The predicted molar refractivity (Wildman–Crippen MR) is 152 cm³/mol. The zero-order valence-electron chi connectivity index (χ0n) is 21.7. The van der Waals surface area contributed by atoms with Gasteiger partial charge in [0, 0.05) is 40.6 Å². The molecule has 2 aromatic carbocycles. The van der Waals surface area contributed by atoms with Crippen molar-refractivity contribution in [2.75, 3.05) is 32.8 Å². The first kappa shape index (κ1) is 25.9. The first-order valence-corrected chi connectivity index (χ1v) is 14.1. The smallest absolute Gasteiger partial charge is 0.273 e. The quantitative estimate of drug-likeness (QED) is 0.267. The van der Waals surface area contributed by atoms with E-state index in [0.29, 0.717) is 18.2 Å². The Morgan fingerprint density at radius 3 is 2.46 bits per heavy atom. The molecular formula is C30H35BrN4O2. The van der Waals surface area contributed by atoms with Crippen LogP contribution in [0.2, 0.25) is 0 Å². The molecule has 0 atom stereocenters. The third-order valence-corrected chi connectivity index (χ3v) is 8.61. The Hall–Kier alpha value is -2.77. The van der Waals surface area contributed by atoms with Crippen LogP contribution in [0, 0.1) is 5.92 Å². The van der Waals surface area contributed by atoms with Gasteiger partial charge in [-0.25, -0.2) is 0 Å². The molecule has 7 heteroatoms. The molecule has 0 bridgehead atoms. The lowest BCUT2D eigenvalue weighted by Crippen LogP contribution is -2.56. The Bertz CT molecular complexity index is 1250. The fourth-order valence-corrected chi connectivity index (χ4v) is 6.02. The van der Waals surface area contributed by atoms with Crippen LogP contribution in [0.4, 0.5) is 0 Å². The SMILES string of the molecule is CCO/N=C(\c1ccc(Br)cc1)C1CCN(C2(C)CCN(C(=O)c3nccc4ccccc34)CC2)CC1. The number of nitrogens with zero attached hydrogens (tertiary/aromatic N) is 4. The minimum absolute atomic E-state index is 0.0452. The summed E-state index contributed by atoms with van der Waals surface area (Å²) in [7, 11) is 0. The standard InChI is InChI=1S/C30H35BrN4O2/c1-3-37-33-27(23-8-10-25(31)11-9-23)24-13-18-35(19-14-24)30(2)15-20-34(21-16-30)29(36)28-26-7-5-4-6-22(26)12-17-32-28/h4-12,17,24H,3,13-16,18-21H2,1-2H3/b33-27+. The van der Waals surface area contributed by atoms with Crippen molar-refractivity contribution in [3.63, 3.8) is 0 Å². The molecule has 2 aliphatic heterocycles. The molecule has 3 aromatic rings. The molecule has 2 saturated heterocycles. The highest BCUT2D eigenvalue weighted by Gasteiger charge is 2.39. The van der Waals surface area contributed by atoms with Gasteiger partial charge in [0.15, 0.2) is 0 Å². The molecule has 0 radical (unpaired) electrons. The molecular weight excluding hydrogens is 528 g/mol. The van der Waals surface area contributed by atoms with E-state index in [1.54, 1.807) is 6.20 Å². The molecule has 3 heterocycles. The first-order valence-electron chi connectivity index (χ1n) is 13.3. The van der Waals surface area contributed by atoms with Crippen LogP contribution in [0.25, 0.3) is 10.8 Å². The monoisotopic (exact) mass is 562 g/mol. The van der Waals surface area contributed by atoms with Crippen molar-refractivity contribution in [2.24, 2.45) is 11.1 Å². The van der Waals surface area contributed by atoms with Gasteiger partial charge < -0.3 is 9.74 Å². The van der Waals surface area contributed by atoms with Crippen LogP contribution in [0.1, 0.15) is 55.6 Å². The van der Waals surface area contributed by atoms with Crippen LogP contribution in [-0.4, -0.2) is 64.7 Å². The van der Waals surface area contributed by atoms with E-state index in [4.69, 9.17) is 4.84 Å². The van der Waals surface area contributed by atoms with Crippen LogP contribution in [0.3, 0.4) is 0 Å². The number of pyridine rings is 1. The maximum absolute atomic E-state index is 13.4. The van der Waals surface area contributed by atoms with Gasteiger partial charge in [-0.1, -0.05) is 57.5 Å². The van der Waals surface area contributed by atoms with E-state index in [2.05, 4.69) is 62.2 Å². The highest BCUT2D eigenvalue weighted by atomic mass is 79.9. The zero-order chi connectivity index (χ0) is 25.8. The number of carbonyl (C=O) groups is 1. The van der Waals surface area contributed by atoms with Gasteiger partial charge in [-0.05, 0) is 81.8 Å². The summed E-state index contributed by atoms with van der Waals surface area (Å²) in [5.74, 6) is 0.426. The fourth-order valence-electron chi connectivity index (χ4n) is 5.76. The molecule has 6 nitrogen and oxygen atoms in total. The average Bonchev–Trinajstić information content (AvgIpc) is 2.94. The Morgan fingerprint density at radius 2 is 1.76 bits per heavy atom. The van der Waals surface area contributed by atoms with Gasteiger partial charge >= 0.3 is 0 Å². The number of hydrogen-bond donors (Lipinski definition) is 0. The van der Waals surface area contributed by atoms with Crippen molar-refractivity contribution in [2.45, 2.75) is 45.1 Å². The zero-order valence-corrected chi connectivity index (χ0v) is 23.3. The van der Waals surface area contributed by atoms with Crippen LogP contribution in [-0.2, 0) is 4.84 Å². The van der Waals surface area contributed by atoms with E-state index in [0.717, 1.165) is 78.4 Å². The van der Waals surface area contributed by atoms with E-state index in [9.17, 15) is 4.79 Å². The van der Waals surface area contributed by atoms with Gasteiger partial charge in [0.25, 0.3) is 5.91 Å². The summed E-state index contributed by atoms with van der Waals surface area (Å²) in [5, 5.41) is 6.52. The molecule has 0 unspecified atom stereocenters. The minimum Gasteiger partial charge on any atom is -0.396 e. The number of hydrogen-bond acceptors (Lipinski definition) is 5. The third kappa shape index (κ3) is 5.58. The van der Waals surface area contributed by atoms with Crippen LogP contribution >= 0.6 is 15.9 Å². The number of likely N-dealkylation sites (tertiary alicyclic amines) is 2. The van der Waals surface area contributed by atoms with Crippen molar-refractivity contribution in [3.8, 4) is 0 Å². The maximum atomic E-state index is 13.4. The molecule has 0 aliphatic carbocycles. The van der Waals surface area contributed by atoms with E-state index in [1.165, 1.54) is 0 Å². The Morgan fingerprint density at radius 1 is 1.05 bits per heavy atom. The number of oxime groups is 1. The van der Waals surface area contributed by atoms with Gasteiger partial charge in [0.2, 0.25) is 0 Å². The summed E-state index contributed by atoms with van der Waals surface area (Å²) >= 11 is 3.53. The second-order valence-corrected chi connectivity index (χ2v) is 11.2. The molecule has 0 N–H and O–H groups in total. The molecule has 1 aromatic heterocycles. The largest absolute Gasteiger partial charge is 0.396 e. The Labute approximate surface area is 227 Å². The summed E-state index contributed by atoms with van der Waals surface area (Å²) in [5.41, 5.74) is 2.86. The van der Waals surface area contributed by atoms with Crippen LogP contribution < -0.4 is 0 Å². The minimum atomic E-state index is 0.0452. The van der Waals surface area contributed by atoms with Gasteiger partial charge in [-0.3, -0.25) is 14.7 Å². The summed E-state index contributed by atoms with van der Waals surface area (Å²) < 4.78 is 1.07. The summed E-state index contributed by atoms with van der Waals surface area (Å²) in [6.45, 7) is 8.49. The number of aromatic nitrogens is 1.